The van der Waals surface area contributed by atoms with Crippen LogP contribution in [0.15, 0.2) is 56.1 Å². The van der Waals surface area contributed by atoms with E-state index in [4.69, 9.17) is 9.15 Å². The number of hydrogen-bond donors (Lipinski definition) is 0. The number of nitrogens with zero attached hydrogens (tertiary/aromatic N) is 2. The van der Waals surface area contributed by atoms with E-state index >= 15 is 0 Å². The summed E-state index contributed by atoms with van der Waals surface area (Å²) < 4.78 is 12.3. The van der Waals surface area contributed by atoms with Crippen molar-refractivity contribution in [3.8, 4) is 0 Å². The maximum Gasteiger partial charge on any atom is 0.291 e. The highest BCUT2D eigenvalue weighted by Crippen LogP contribution is 2.39. The maximum absolute atomic E-state index is 13.5. The van der Waals surface area contributed by atoms with Crippen LogP contribution >= 0.6 is 15.9 Å². The molecule has 0 spiro atoms. The highest BCUT2D eigenvalue weighted by molar-refractivity contribution is 9.10. The number of rotatable bonds is 4. The molecule has 1 aromatic heterocycles. The van der Waals surface area contributed by atoms with Crippen LogP contribution in [-0.2, 0) is 4.74 Å². The largest absolute Gasteiger partial charge is 0.450 e. The van der Waals surface area contributed by atoms with E-state index in [-0.39, 0.29) is 34.5 Å². The lowest BCUT2D eigenvalue weighted by atomic mass is 9.98. The van der Waals surface area contributed by atoms with Crippen molar-refractivity contribution < 1.29 is 18.9 Å². The lowest BCUT2D eigenvalue weighted by Gasteiger charge is -2.27. The standard InChI is InChI=1S/C22H17BrN2O6/c23-13-5-8-17-16(10-13)20(26)18-19(12-3-6-14(7-4-12)25(28)29)24(22(27)21(18)31-17)11-15-2-1-9-30-15/h3-8,10,15,19H,1-2,9,11H2/t15-,19+/m0/s1. The zero-order valence-electron chi connectivity index (χ0n) is 16.2. The third-order valence-corrected chi connectivity index (χ3v) is 6.26. The number of fused-ring (bicyclic) bond motifs is 2. The van der Waals surface area contributed by atoms with Gasteiger partial charge in [0.05, 0.1) is 28.0 Å². The molecule has 9 heteroatoms. The summed E-state index contributed by atoms with van der Waals surface area (Å²) in [4.78, 5) is 39.0. The molecule has 1 saturated heterocycles. The molecular formula is C22H17BrN2O6. The van der Waals surface area contributed by atoms with E-state index in [0.717, 1.165) is 17.3 Å². The van der Waals surface area contributed by atoms with Gasteiger partial charge in [-0.25, -0.2) is 0 Å². The molecule has 2 atom stereocenters. The second-order valence-electron chi connectivity index (χ2n) is 7.66. The summed E-state index contributed by atoms with van der Waals surface area (Å²) in [6, 6.07) is 10.3. The van der Waals surface area contributed by atoms with Crippen LogP contribution < -0.4 is 5.43 Å². The smallest absolute Gasteiger partial charge is 0.291 e. The molecule has 2 aromatic carbocycles. The van der Waals surface area contributed by atoms with Gasteiger partial charge in [-0.2, -0.15) is 0 Å². The van der Waals surface area contributed by atoms with Crippen molar-refractivity contribution in [2.45, 2.75) is 25.0 Å². The summed E-state index contributed by atoms with van der Waals surface area (Å²) in [5.41, 5.74) is 0.846. The lowest BCUT2D eigenvalue weighted by Crippen LogP contribution is -2.36. The van der Waals surface area contributed by atoms with Gasteiger partial charge in [0, 0.05) is 29.8 Å². The molecule has 8 nitrogen and oxygen atoms in total. The summed E-state index contributed by atoms with van der Waals surface area (Å²) in [7, 11) is 0. The number of carbonyl (C=O) groups excluding carboxylic acids is 1. The normalized spacial score (nSPS) is 20.4. The fourth-order valence-corrected chi connectivity index (χ4v) is 4.67. The second kappa shape index (κ2) is 7.58. The number of ether oxygens (including phenoxy) is 1. The van der Waals surface area contributed by atoms with Gasteiger partial charge in [0.2, 0.25) is 5.76 Å². The minimum absolute atomic E-state index is 0.0150. The second-order valence-corrected chi connectivity index (χ2v) is 8.57. The molecule has 0 saturated carbocycles. The van der Waals surface area contributed by atoms with Gasteiger partial charge in [-0.05, 0) is 48.7 Å². The van der Waals surface area contributed by atoms with Gasteiger partial charge in [0.25, 0.3) is 11.6 Å². The fourth-order valence-electron chi connectivity index (χ4n) is 4.31. The average Bonchev–Trinajstić information content (AvgIpc) is 3.36. The molecular weight excluding hydrogens is 468 g/mol. The Labute approximate surface area is 184 Å². The predicted molar refractivity (Wildman–Crippen MR) is 115 cm³/mol. The quantitative estimate of drug-likeness (QED) is 0.406. The van der Waals surface area contributed by atoms with Crippen LogP contribution in [0.2, 0.25) is 0 Å². The topological polar surface area (TPSA) is 103 Å². The Hall–Kier alpha value is -3.04. The Morgan fingerprint density at radius 3 is 2.61 bits per heavy atom. The van der Waals surface area contributed by atoms with E-state index in [9.17, 15) is 19.7 Å². The van der Waals surface area contributed by atoms with Crippen molar-refractivity contribution in [1.29, 1.82) is 0 Å². The third kappa shape index (κ3) is 3.34. The van der Waals surface area contributed by atoms with E-state index in [1.165, 1.54) is 12.1 Å². The summed E-state index contributed by atoms with van der Waals surface area (Å²) in [6.07, 6.45) is 1.61. The molecule has 5 rings (SSSR count). The van der Waals surface area contributed by atoms with Crippen molar-refractivity contribution in [3.63, 3.8) is 0 Å². The van der Waals surface area contributed by atoms with Gasteiger partial charge in [0.15, 0.2) is 5.43 Å². The fraction of sp³-hybridized carbons (Fsp3) is 0.273. The first-order valence-electron chi connectivity index (χ1n) is 9.87. The third-order valence-electron chi connectivity index (χ3n) is 5.77. The first-order chi connectivity index (χ1) is 14.9. The molecule has 0 bridgehead atoms. The predicted octanol–water partition coefficient (Wildman–Crippen LogP) is 4.19. The zero-order valence-corrected chi connectivity index (χ0v) is 17.8. The van der Waals surface area contributed by atoms with E-state index < -0.39 is 11.0 Å². The summed E-state index contributed by atoms with van der Waals surface area (Å²) >= 11 is 3.37. The van der Waals surface area contributed by atoms with Crippen LogP contribution in [0.25, 0.3) is 11.0 Å². The Morgan fingerprint density at radius 1 is 1.16 bits per heavy atom. The van der Waals surface area contributed by atoms with Crippen LogP contribution in [0.3, 0.4) is 0 Å². The number of nitro groups is 1. The molecule has 3 aromatic rings. The highest BCUT2D eigenvalue weighted by Gasteiger charge is 2.44. The lowest BCUT2D eigenvalue weighted by molar-refractivity contribution is -0.384. The van der Waals surface area contributed by atoms with E-state index in [1.54, 1.807) is 35.2 Å². The van der Waals surface area contributed by atoms with Crippen molar-refractivity contribution in [2.75, 3.05) is 13.2 Å². The summed E-state index contributed by atoms with van der Waals surface area (Å²) in [5.74, 6) is -0.364. The first-order valence-corrected chi connectivity index (χ1v) is 10.7. The molecule has 2 aliphatic rings. The minimum Gasteiger partial charge on any atom is -0.450 e. The van der Waals surface area contributed by atoms with Crippen LogP contribution in [0.5, 0.6) is 0 Å². The van der Waals surface area contributed by atoms with Crippen LogP contribution in [-0.4, -0.2) is 35.0 Å². The molecule has 158 valence electrons. The van der Waals surface area contributed by atoms with Gasteiger partial charge in [0.1, 0.15) is 5.58 Å². The summed E-state index contributed by atoms with van der Waals surface area (Å²) in [6.45, 7) is 0.946. The van der Waals surface area contributed by atoms with Gasteiger partial charge in [-0.15, -0.1) is 0 Å². The first kappa shape index (κ1) is 19.9. The minimum atomic E-state index is -0.702. The van der Waals surface area contributed by atoms with Crippen LogP contribution in [0, 0.1) is 10.1 Å². The van der Waals surface area contributed by atoms with Gasteiger partial charge >= 0.3 is 0 Å². The number of halogens is 1. The molecule has 0 radical (unpaired) electrons. The van der Waals surface area contributed by atoms with E-state index in [1.807, 2.05) is 0 Å². The van der Waals surface area contributed by atoms with E-state index in [0.29, 0.717) is 29.7 Å². The number of benzene rings is 2. The molecule has 31 heavy (non-hydrogen) atoms. The van der Waals surface area contributed by atoms with Gasteiger partial charge in [-0.3, -0.25) is 19.7 Å². The monoisotopic (exact) mass is 484 g/mol. The molecule has 0 N–H and O–H groups in total. The SMILES string of the molecule is O=C1c2oc3ccc(Br)cc3c(=O)c2[C@@H](c2ccc([N+](=O)[O-])cc2)N1C[C@@H]1CCCO1. The Bertz CT molecular complexity index is 1260. The number of amides is 1. The molecule has 2 aliphatic heterocycles. The molecule has 3 heterocycles. The number of non-ortho nitro benzene ring substituents is 1. The van der Waals surface area contributed by atoms with Crippen LogP contribution in [0.1, 0.15) is 40.6 Å². The number of carbonyl (C=O) groups is 1. The number of hydrogen-bond acceptors (Lipinski definition) is 6. The van der Waals surface area contributed by atoms with Crippen molar-refractivity contribution >= 4 is 38.5 Å². The van der Waals surface area contributed by atoms with E-state index in [2.05, 4.69) is 15.9 Å². The average molecular weight is 485 g/mol. The molecule has 1 amide bonds. The summed E-state index contributed by atoms with van der Waals surface area (Å²) in [5, 5.41) is 11.4. The van der Waals surface area contributed by atoms with Crippen molar-refractivity contribution in [2.24, 2.45) is 0 Å². The Balaban J connectivity index is 1.69. The molecule has 1 fully saturated rings. The Morgan fingerprint density at radius 2 is 1.94 bits per heavy atom. The molecule has 0 unspecified atom stereocenters. The highest BCUT2D eigenvalue weighted by atomic mass is 79.9. The molecule has 0 aliphatic carbocycles. The van der Waals surface area contributed by atoms with Crippen molar-refractivity contribution in [3.05, 3.63) is 84.2 Å². The van der Waals surface area contributed by atoms with Gasteiger partial charge < -0.3 is 14.1 Å². The van der Waals surface area contributed by atoms with Crippen molar-refractivity contribution in [1.82, 2.24) is 4.90 Å². The number of nitro benzene ring substituents is 1. The van der Waals surface area contributed by atoms with Crippen LogP contribution in [0.4, 0.5) is 5.69 Å². The van der Waals surface area contributed by atoms with Gasteiger partial charge in [-0.1, -0.05) is 15.9 Å². The zero-order chi connectivity index (χ0) is 21.7. The maximum atomic E-state index is 13.5. The Kier molecular flexibility index (Phi) is 4.86.